The maximum Gasteiger partial charge on any atom is 0.270 e. The van der Waals surface area contributed by atoms with Crippen LogP contribution in [0.15, 0.2) is 59.1 Å². The number of amides is 1. The molecular weight excluding hydrogens is 417 g/mol. The van der Waals surface area contributed by atoms with Gasteiger partial charge in [-0.15, -0.1) is 0 Å². The summed E-state index contributed by atoms with van der Waals surface area (Å²) in [5.41, 5.74) is 1.81. The molecule has 0 radical (unpaired) electrons. The predicted octanol–water partition coefficient (Wildman–Crippen LogP) is 5.56. The Balaban J connectivity index is 1.30. The summed E-state index contributed by atoms with van der Waals surface area (Å²) >= 11 is 6.06. The minimum absolute atomic E-state index is 0.0342. The van der Waals surface area contributed by atoms with E-state index in [0.717, 1.165) is 24.2 Å². The number of hydrogen-bond acceptors (Lipinski definition) is 3. The number of aromatic nitrogens is 2. The molecule has 1 atom stereocenters. The van der Waals surface area contributed by atoms with E-state index in [1.54, 1.807) is 29.3 Å². The number of nitrogens with zero attached hydrogens (tertiary/aromatic N) is 2. The number of fused-ring (bicyclic) bond motifs is 1. The molecule has 1 saturated heterocycles. The second-order valence-electron chi connectivity index (χ2n) is 7.95. The first kappa shape index (κ1) is 19.8. The molecule has 0 saturated carbocycles. The second kappa shape index (κ2) is 8.19. The van der Waals surface area contributed by atoms with Gasteiger partial charge >= 0.3 is 0 Å². The number of para-hydroxylation sites is 1. The Morgan fingerprint density at radius 1 is 1.26 bits per heavy atom. The minimum atomic E-state index is -0.361. The van der Waals surface area contributed by atoms with Gasteiger partial charge < -0.3 is 14.3 Å². The molecule has 5 nitrogen and oxygen atoms in total. The Kier molecular flexibility index (Phi) is 5.24. The van der Waals surface area contributed by atoms with Crippen LogP contribution in [0.1, 0.15) is 46.5 Å². The van der Waals surface area contributed by atoms with Crippen molar-refractivity contribution in [3.63, 3.8) is 0 Å². The molecule has 0 bridgehead atoms. The lowest BCUT2D eigenvalue weighted by atomic mass is 9.97. The third-order valence-electron chi connectivity index (χ3n) is 5.73. The molecule has 158 valence electrons. The highest BCUT2D eigenvalue weighted by Crippen LogP contribution is 2.29. The van der Waals surface area contributed by atoms with Crippen molar-refractivity contribution < 1.29 is 13.6 Å². The third-order valence-corrected chi connectivity index (χ3v) is 5.97. The first-order valence-corrected chi connectivity index (χ1v) is 10.7. The standard InChI is InChI=1S/C24H21ClFN3O2/c25-18-7-1-4-15(10-18)11-19-13-27-23(31-19)17-6-3-9-29(14-17)24(30)21-12-16-5-2-8-20(26)22(16)28-21/h1-2,4-5,7-8,10,12-13,17,28H,3,6,9,11,14H2. The van der Waals surface area contributed by atoms with E-state index < -0.39 is 0 Å². The molecule has 31 heavy (non-hydrogen) atoms. The number of carbonyl (C=O) groups excluding carboxylic acids is 1. The number of oxazole rings is 1. The average molecular weight is 438 g/mol. The summed E-state index contributed by atoms with van der Waals surface area (Å²) < 4.78 is 20.0. The highest BCUT2D eigenvalue weighted by molar-refractivity contribution is 6.30. The Morgan fingerprint density at radius 2 is 2.13 bits per heavy atom. The van der Waals surface area contributed by atoms with Crippen molar-refractivity contribution in [2.75, 3.05) is 13.1 Å². The maximum absolute atomic E-state index is 14.0. The zero-order valence-corrected chi connectivity index (χ0v) is 17.5. The summed E-state index contributed by atoms with van der Waals surface area (Å²) in [4.78, 5) is 22.2. The van der Waals surface area contributed by atoms with Gasteiger partial charge in [-0.2, -0.15) is 0 Å². The van der Waals surface area contributed by atoms with Crippen LogP contribution in [0.4, 0.5) is 4.39 Å². The van der Waals surface area contributed by atoms with Gasteiger partial charge in [0.05, 0.1) is 17.6 Å². The quantitative estimate of drug-likeness (QED) is 0.454. The van der Waals surface area contributed by atoms with Gasteiger partial charge in [-0.05, 0) is 42.7 Å². The molecule has 4 aromatic rings. The SMILES string of the molecule is O=C(c1cc2cccc(F)c2[nH]1)N1CCCC(c2ncc(Cc3cccc(Cl)c3)o2)C1. The number of rotatable bonds is 4. The molecule has 1 fully saturated rings. The highest BCUT2D eigenvalue weighted by Gasteiger charge is 2.29. The molecule has 2 aromatic carbocycles. The number of likely N-dealkylation sites (tertiary alicyclic amines) is 1. The van der Waals surface area contributed by atoms with E-state index in [1.165, 1.54) is 6.07 Å². The summed E-state index contributed by atoms with van der Waals surface area (Å²) in [6.07, 6.45) is 4.13. The molecule has 7 heteroatoms. The number of halogens is 2. The maximum atomic E-state index is 14.0. The zero-order valence-electron chi connectivity index (χ0n) is 16.8. The molecule has 5 rings (SSSR count). The second-order valence-corrected chi connectivity index (χ2v) is 8.39. The average Bonchev–Trinajstić information content (AvgIpc) is 3.41. The van der Waals surface area contributed by atoms with Crippen LogP contribution in [0.25, 0.3) is 10.9 Å². The van der Waals surface area contributed by atoms with Crippen molar-refractivity contribution in [1.29, 1.82) is 0 Å². The summed E-state index contributed by atoms with van der Waals surface area (Å²) in [7, 11) is 0. The van der Waals surface area contributed by atoms with Crippen LogP contribution < -0.4 is 0 Å². The number of benzene rings is 2. The number of H-pyrrole nitrogens is 1. The van der Waals surface area contributed by atoms with Gasteiger partial charge in [-0.25, -0.2) is 9.37 Å². The number of aromatic amines is 1. The molecular formula is C24H21ClFN3O2. The molecule has 1 aliphatic rings. The highest BCUT2D eigenvalue weighted by atomic mass is 35.5. The van der Waals surface area contributed by atoms with Gasteiger partial charge in [0, 0.05) is 29.9 Å². The van der Waals surface area contributed by atoms with Crippen LogP contribution in [-0.4, -0.2) is 33.9 Å². The van der Waals surface area contributed by atoms with Gasteiger partial charge in [0.2, 0.25) is 0 Å². The van der Waals surface area contributed by atoms with Crippen LogP contribution >= 0.6 is 11.6 Å². The Labute approximate surface area is 183 Å². The van der Waals surface area contributed by atoms with Crippen molar-refractivity contribution in [3.05, 3.63) is 88.5 Å². The summed E-state index contributed by atoms with van der Waals surface area (Å²) in [6.45, 7) is 1.18. The van der Waals surface area contributed by atoms with Crippen LogP contribution in [0.2, 0.25) is 5.02 Å². The number of nitrogens with one attached hydrogen (secondary N) is 1. The van der Waals surface area contributed by atoms with Crippen LogP contribution in [0, 0.1) is 5.82 Å². The van der Waals surface area contributed by atoms with E-state index in [-0.39, 0.29) is 17.6 Å². The van der Waals surface area contributed by atoms with E-state index in [2.05, 4.69) is 9.97 Å². The van der Waals surface area contributed by atoms with Crippen molar-refractivity contribution in [1.82, 2.24) is 14.9 Å². The van der Waals surface area contributed by atoms with Crippen LogP contribution in [-0.2, 0) is 6.42 Å². The molecule has 2 aromatic heterocycles. The fourth-order valence-electron chi connectivity index (χ4n) is 4.21. The van der Waals surface area contributed by atoms with Gasteiger partial charge in [0.15, 0.2) is 5.89 Å². The van der Waals surface area contributed by atoms with E-state index in [9.17, 15) is 9.18 Å². The van der Waals surface area contributed by atoms with Crippen LogP contribution in [0.5, 0.6) is 0 Å². The fourth-order valence-corrected chi connectivity index (χ4v) is 4.42. The lowest BCUT2D eigenvalue weighted by Crippen LogP contribution is -2.39. The van der Waals surface area contributed by atoms with E-state index in [4.69, 9.17) is 16.0 Å². The Bertz CT molecular complexity index is 1250. The van der Waals surface area contributed by atoms with E-state index in [1.807, 2.05) is 24.3 Å². The van der Waals surface area contributed by atoms with Crippen molar-refractivity contribution in [2.24, 2.45) is 0 Å². The first-order valence-electron chi connectivity index (χ1n) is 10.3. The summed E-state index contributed by atoms with van der Waals surface area (Å²) in [5.74, 6) is 0.960. The fraction of sp³-hybridized carbons (Fsp3) is 0.250. The van der Waals surface area contributed by atoms with Crippen molar-refractivity contribution in [3.8, 4) is 0 Å². The summed E-state index contributed by atoms with van der Waals surface area (Å²) in [6, 6.07) is 14.2. The van der Waals surface area contributed by atoms with Crippen molar-refractivity contribution >= 4 is 28.4 Å². The van der Waals surface area contributed by atoms with Crippen molar-refractivity contribution in [2.45, 2.75) is 25.2 Å². The lowest BCUT2D eigenvalue weighted by molar-refractivity contribution is 0.0693. The molecule has 1 unspecified atom stereocenters. The smallest absolute Gasteiger partial charge is 0.270 e. The Hall–Kier alpha value is -3.12. The monoisotopic (exact) mass is 437 g/mol. The Morgan fingerprint density at radius 3 is 2.97 bits per heavy atom. The largest absolute Gasteiger partial charge is 0.445 e. The van der Waals surface area contributed by atoms with Crippen LogP contribution in [0.3, 0.4) is 0 Å². The lowest BCUT2D eigenvalue weighted by Gasteiger charge is -2.31. The zero-order chi connectivity index (χ0) is 21.4. The molecule has 0 aliphatic carbocycles. The molecule has 3 heterocycles. The van der Waals surface area contributed by atoms with Gasteiger partial charge in [-0.3, -0.25) is 4.79 Å². The first-order chi connectivity index (χ1) is 15.1. The number of piperidine rings is 1. The van der Waals surface area contributed by atoms with E-state index >= 15 is 0 Å². The molecule has 0 spiro atoms. The normalized spacial score (nSPS) is 16.7. The predicted molar refractivity (Wildman–Crippen MR) is 117 cm³/mol. The van der Waals surface area contributed by atoms with E-state index in [0.29, 0.717) is 47.0 Å². The topological polar surface area (TPSA) is 62.1 Å². The van der Waals surface area contributed by atoms with Gasteiger partial charge in [0.25, 0.3) is 5.91 Å². The number of carbonyl (C=O) groups is 1. The van der Waals surface area contributed by atoms with Gasteiger partial charge in [0.1, 0.15) is 17.3 Å². The number of hydrogen-bond donors (Lipinski definition) is 1. The minimum Gasteiger partial charge on any atom is -0.445 e. The molecule has 1 aliphatic heterocycles. The third kappa shape index (κ3) is 4.08. The molecule has 1 amide bonds. The summed E-state index contributed by atoms with van der Waals surface area (Å²) in [5, 5.41) is 1.38. The van der Waals surface area contributed by atoms with Gasteiger partial charge in [-0.1, -0.05) is 35.9 Å². The molecule has 1 N–H and O–H groups in total.